The highest BCUT2D eigenvalue weighted by Crippen LogP contribution is 2.19. The number of hydrogen-bond acceptors (Lipinski definition) is 5. The van der Waals surface area contributed by atoms with Gasteiger partial charge in [0.1, 0.15) is 0 Å². The molecule has 0 saturated carbocycles. The van der Waals surface area contributed by atoms with E-state index in [2.05, 4.69) is 19.2 Å². The normalized spacial score (nSPS) is 12.6. The number of amides is 1. The molecule has 6 nitrogen and oxygen atoms in total. The summed E-state index contributed by atoms with van der Waals surface area (Å²) in [5, 5.41) is 23.0. The van der Waals surface area contributed by atoms with Gasteiger partial charge in [-0.05, 0) is 32.1 Å². The maximum Gasteiger partial charge on any atom is 0.305 e. The Morgan fingerprint density at radius 1 is 0.380 bits per heavy atom. The predicted octanol–water partition coefficient (Wildman–Crippen LogP) is 20.4. The van der Waals surface area contributed by atoms with Gasteiger partial charge in [-0.1, -0.05) is 334 Å². The van der Waals surface area contributed by atoms with Crippen molar-refractivity contribution < 1.29 is 24.5 Å². The maximum absolute atomic E-state index is 12.4. The number of aliphatic hydroxyl groups excluding tert-OH is 2. The molecule has 0 radical (unpaired) electrons. The van der Waals surface area contributed by atoms with Gasteiger partial charge < -0.3 is 20.3 Å². The van der Waals surface area contributed by atoms with Crippen LogP contribution in [0.3, 0.4) is 0 Å². The van der Waals surface area contributed by atoms with Gasteiger partial charge in [-0.2, -0.15) is 0 Å². The van der Waals surface area contributed by atoms with Crippen molar-refractivity contribution in [1.29, 1.82) is 0 Å². The maximum atomic E-state index is 12.4. The highest BCUT2D eigenvalue weighted by Gasteiger charge is 2.18. The SMILES string of the molecule is CCCCCCCCCC/C=C/C(O)C(CO)NC(=O)CCCCCCCCCCCCCCCCCCCCCCCCCCCCCCCCCOC(=O)CCCCCCCCCCCCCCC. The Kier molecular flexibility index (Phi) is 59.9. The van der Waals surface area contributed by atoms with Crippen LogP contribution in [0.1, 0.15) is 367 Å². The van der Waals surface area contributed by atoms with Gasteiger partial charge in [-0.15, -0.1) is 0 Å². The number of unbranched alkanes of at least 4 members (excludes halogenated alkanes) is 50. The van der Waals surface area contributed by atoms with Crippen molar-refractivity contribution in [1.82, 2.24) is 5.32 Å². The van der Waals surface area contributed by atoms with E-state index in [1.54, 1.807) is 6.08 Å². The first-order chi connectivity index (χ1) is 35.0. The van der Waals surface area contributed by atoms with Crippen molar-refractivity contribution in [3.05, 3.63) is 12.2 Å². The molecule has 0 spiro atoms. The number of carbonyl (C=O) groups is 2. The fraction of sp³-hybridized carbons (Fsp3) is 0.938. The van der Waals surface area contributed by atoms with Gasteiger partial charge in [0.15, 0.2) is 0 Å². The van der Waals surface area contributed by atoms with Crippen molar-refractivity contribution in [3.8, 4) is 0 Å². The molecule has 0 saturated heterocycles. The molecule has 6 heteroatoms. The van der Waals surface area contributed by atoms with E-state index in [0.717, 1.165) is 38.5 Å². The van der Waals surface area contributed by atoms with Gasteiger partial charge in [0, 0.05) is 12.8 Å². The highest BCUT2D eigenvalue weighted by atomic mass is 16.5. The van der Waals surface area contributed by atoms with Crippen molar-refractivity contribution in [2.24, 2.45) is 0 Å². The van der Waals surface area contributed by atoms with E-state index in [1.807, 2.05) is 6.08 Å². The Morgan fingerprint density at radius 3 is 0.958 bits per heavy atom. The number of allylic oxidation sites excluding steroid dienone is 1. The van der Waals surface area contributed by atoms with E-state index in [9.17, 15) is 19.8 Å². The summed E-state index contributed by atoms with van der Waals surface area (Å²) in [6, 6.07) is -0.622. The van der Waals surface area contributed by atoms with Crippen molar-refractivity contribution in [2.45, 2.75) is 379 Å². The molecular weight excluding hydrogens is 875 g/mol. The predicted molar refractivity (Wildman–Crippen MR) is 310 cm³/mol. The van der Waals surface area contributed by atoms with E-state index in [-0.39, 0.29) is 18.5 Å². The quantitative estimate of drug-likeness (QED) is 0.0320. The lowest BCUT2D eigenvalue weighted by atomic mass is 10.0. The van der Waals surface area contributed by atoms with Gasteiger partial charge in [-0.3, -0.25) is 9.59 Å². The molecule has 1 amide bonds. The van der Waals surface area contributed by atoms with E-state index in [4.69, 9.17) is 4.74 Å². The number of nitrogens with one attached hydrogen (secondary N) is 1. The molecule has 3 N–H and O–H groups in total. The zero-order valence-corrected chi connectivity index (χ0v) is 48.2. The fourth-order valence-corrected chi connectivity index (χ4v) is 10.3. The molecule has 0 aliphatic heterocycles. The zero-order valence-electron chi connectivity index (χ0n) is 48.2. The summed E-state index contributed by atoms with van der Waals surface area (Å²) in [5.41, 5.74) is 0. The summed E-state index contributed by atoms with van der Waals surface area (Å²) in [6.45, 7) is 4.91. The molecule has 0 aromatic heterocycles. The lowest BCUT2D eigenvalue weighted by molar-refractivity contribution is -0.143. The first-order valence-electron chi connectivity index (χ1n) is 32.5. The molecule has 0 rings (SSSR count). The molecule has 2 atom stereocenters. The minimum atomic E-state index is -0.838. The Hall–Kier alpha value is -1.40. The van der Waals surface area contributed by atoms with E-state index < -0.39 is 12.1 Å². The minimum absolute atomic E-state index is 0.0224. The van der Waals surface area contributed by atoms with Crippen LogP contribution >= 0.6 is 0 Å². The van der Waals surface area contributed by atoms with Gasteiger partial charge in [0.25, 0.3) is 0 Å². The summed E-state index contributed by atoms with van der Waals surface area (Å²) in [4.78, 5) is 24.5. The molecule has 71 heavy (non-hydrogen) atoms. The third kappa shape index (κ3) is 57.7. The topological polar surface area (TPSA) is 95.9 Å². The average Bonchev–Trinajstić information content (AvgIpc) is 3.37. The molecular formula is C65H127NO5. The summed E-state index contributed by atoms with van der Waals surface area (Å²) < 4.78 is 5.49. The smallest absolute Gasteiger partial charge is 0.305 e. The lowest BCUT2D eigenvalue weighted by Crippen LogP contribution is -2.45. The largest absolute Gasteiger partial charge is 0.466 e. The van der Waals surface area contributed by atoms with E-state index in [1.165, 1.54) is 302 Å². The van der Waals surface area contributed by atoms with Gasteiger partial charge in [-0.25, -0.2) is 0 Å². The first kappa shape index (κ1) is 69.6. The average molecular weight is 1000 g/mol. The van der Waals surface area contributed by atoms with Crippen LogP contribution in [0, 0.1) is 0 Å². The molecule has 0 aliphatic carbocycles. The van der Waals surface area contributed by atoms with Gasteiger partial charge in [0.05, 0.1) is 25.4 Å². The Balaban J connectivity index is 3.30. The molecule has 422 valence electrons. The van der Waals surface area contributed by atoms with Gasteiger partial charge >= 0.3 is 5.97 Å². The Morgan fingerprint density at radius 2 is 0.648 bits per heavy atom. The molecule has 2 unspecified atom stereocenters. The minimum Gasteiger partial charge on any atom is -0.466 e. The second-order valence-electron chi connectivity index (χ2n) is 22.5. The molecule has 0 aliphatic rings. The summed E-state index contributed by atoms with van der Waals surface area (Å²) in [5.74, 6) is -0.0416. The van der Waals surface area contributed by atoms with E-state index in [0.29, 0.717) is 19.4 Å². The second kappa shape index (κ2) is 61.1. The molecule has 0 aromatic rings. The molecule has 0 aromatic carbocycles. The van der Waals surface area contributed by atoms with Crippen molar-refractivity contribution >= 4 is 11.9 Å². The van der Waals surface area contributed by atoms with E-state index >= 15 is 0 Å². The van der Waals surface area contributed by atoms with Crippen LogP contribution in [0.4, 0.5) is 0 Å². The summed E-state index contributed by atoms with van der Waals surface area (Å²) in [7, 11) is 0. The molecule has 0 bridgehead atoms. The number of rotatable bonds is 61. The van der Waals surface area contributed by atoms with Crippen LogP contribution < -0.4 is 5.32 Å². The standard InChI is InChI=1S/C65H127NO5/c1-3-5-7-9-11-13-15-35-39-43-47-51-55-59-65(70)71-60-56-52-48-44-40-37-34-32-30-28-26-24-22-20-18-16-17-19-21-23-25-27-29-31-33-36-38-42-46-50-54-58-64(69)66-62(61-67)63(68)57-53-49-45-41-14-12-10-8-6-4-2/h53,57,62-63,67-68H,3-52,54-56,58-61H2,1-2H3,(H,66,69)/b57-53+. The summed E-state index contributed by atoms with van der Waals surface area (Å²) >= 11 is 0. The number of esters is 1. The van der Waals surface area contributed by atoms with Crippen LogP contribution in [0.5, 0.6) is 0 Å². The summed E-state index contributed by atoms with van der Waals surface area (Å²) in [6.07, 6.45) is 74.3. The van der Waals surface area contributed by atoms with Crippen LogP contribution in [-0.4, -0.2) is 47.4 Å². The second-order valence-corrected chi connectivity index (χ2v) is 22.5. The third-order valence-electron chi connectivity index (χ3n) is 15.3. The zero-order chi connectivity index (χ0) is 51.4. The van der Waals surface area contributed by atoms with Crippen molar-refractivity contribution in [2.75, 3.05) is 13.2 Å². The van der Waals surface area contributed by atoms with Crippen LogP contribution in [0.2, 0.25) is 0 Å². The molecule has 0 heterocycles. The number of carbonyl (C=O) groups excluding carboxylic acids is 2. The van der Waals surface area contributed by atoms with Gasteiger partial charge in [0.2, 0.25) is 5.91 Å². The molecule has 0 fully saturated rings. The monoisotopic (exact) mass is 1000 g/mol. The third-order valence-corrected chi connectivity index (χ3v) is 15.3. The Labute approximate surface area is 444 Å². The number of hydrogen-bond donors (Lipinski definition) is 3. The van der Waals surface area contributed by atoms with Crippen molar-refractivity contribution in [3.63, 3.8) is 0 Å². The van der Waals surface area contributed by atoms with Crippen LogP contribution in [0.25, 0.3) is 0 Å². The highest BCUT2D eigenvalue weighted by molar-refractivity contribution is 5.76. The first-order valence-corrected chi connectivity index (χ1v) is 32.5. The number of aliphatic hydroxyl groups is 2. The number of ether oxygens (including phenoxy) is 1. The lowest BCUT2D eigenvalue weighted by Gasteiger charge is -2.20. The van der Waals surface area contributed by atoms with Crippen LogP contribution in [0.15, 0.2) is 12.2 Å². The fourth-order valence-electron chi connectivity index (χ4n) is 10.3. The Bertz CT molecular complexity index is 1060. The van der Waals surface area contributed by atoms with Crippen LogP contribution in [-0.2, 0) is 14.3 Å².